The van der Waals surface area contributed by atoms with Gasteiger partial charge in [0, 0.05) is 10.8 Å². The highest BCUT2D eigenvalue weighted by atomic mass is 16.5. The van der Waals surface area contributed by atoms with E-state index in [1.807, 2.05) is 0 Å². The van der Waals surface area contributed by atoms with Gasteiger partial charge in [0.2, 0.25) is 0 Å². The molecule has 108 valence electrons. The van der Waals surface area contributed by atoms with Gasteiger partial charge in [-0.2, -0.15) is 0 Å². The fraction of sp³-hybridized carbons (Fsp3) is 0.300. The molecule has 0 aliphatic rings. The summed E-state index contributed by atoms with van der Waals surface area (Å²) < 4.78 is 6.20. The maximum absolute atomic E-state index is 6.20. The Balaban J connectivity index is 2.16. The molecule has 0 spiro atoms. The van der Waals surface area contributed by atoms with Gasteiger partial charge in [-0.25, -0.2) is 0 Å². The molecule has 0 amide bonds. The average molecular weight is 278 g/mol. The van der Waals surface area contributed by atoms with Gasteiger partial charge in [-0.05, 0) is 42.2 Å². The summed E-state index contributed by atoms with van der Waals surface area (Å²) in [5, 5.41) is 4.92. The maximum atomic E-state index is 6.20. The first-order chi connectivity index (χ1) is 10.1. The predicted octanol–water partition coefficient (Wildman–Crippen LogP) is 5.73. The first kappa shape index (κ1) is 13.9. The lowest BCUT2D eigenvalue weighted by Gasteiger charge is -2.14. The molecule has 0 aliphatic heterocycles. The number of rotatable bonds is 4. The molecular formula is C20H22O. The van der Waals surface area contributed by atoms with E-state index >= 15 is 0 Å². The summed E-state index contributed by atoms with van der Waals surface area (Å²) in [6, 6.07) is 17.3. The van der Waals surface area contributed by atoms with E-state index in [1.165, 1.54) is 27.1 Å². The molecule has 0 fully saturated rings. The molecule has 1 nitrogen and oxygen atoms in total. The highest BCUT2D eigenvalue weighted by molar-refractivity contribution is 6.05. The number of fused-ring (bicyclic) bond motifs is 2. The minimum atomic E-state index is 0.660. The first-order valence-corrected chi connectivity index (χ1v) is 7.70. The molecule has 0 atom stereocenters. The number of aryl methyl sites for hydroxylation is 1. The summed E-state index contributed by atoms with van der Waals surface area (Å²) in [5.74, 6) is 1.69. The molecule has 0 bridgehead atoms. The van der Waals surface area contributed by atoms with Gasteiger partial charge >= 0.3 is 0 Å². The Morgan fingerprint density at radius 3 is 2.48 bits per heavy atom. The van der Waals surface area contributed by atoms with Crippen LogP contribution in [0.5, 0.6) is 5.75 Å². The van der Waals surface area contributed by atoms with Crippen molar-refractivity contribution in [3.63, 3.8) is 0 Å². The van der Waals surface area contributed by atoms with Crippen LogP contribution in [0.3, 0.4) is 0 Å². The number of benzene rings is 3. The van der Waals surface area contributed by atoms with Gasteiger partial charge in [0.25, 0.3) is 0 Å². The molecule has 0 saturated carbocycles. The molecule has 0 saturated heterocycles. The van der Waals surface area contributed by atoms with Crippen molar-refractivity contribution in [2.24, 2.45) is 5.92 Å². The van der Waals surface area contributed by atoms with Crippen molar-refractivity contribution in [2.45, 2.75) is 27.2 Å². The van der Waals surface area contributed by atoms with E-state index < -0.39 is 0 Å². The van der Waals surface area contributed by atoms with Crippen LogP contribution >= 0.6 is 0 Å². The van der Waals surface area contributed by atoms with Crippen LogP contribution in [0.4, 0.5) is 0 Å². The lowest BCUT2D eigenvalue weighted by atomic mass is 10.0. The normalized spacial score (nSPS) is 11.4. The molecule has 0 radical (unpaired) electrons. The van der Waals surface area contributed by atoms with E-state index in [1.54, 1.807) is 0 Å². The Morgan fingerprint density at radius 1 is 0.905 bits per heavy atom. The number of hydrogen-bond donors (Lipinski definition) is 0. The molecule has 0 unspecified atom stereocenters. The average Bonchev–Trinajstić information content (AvgIpc) is 2.46. The minimum absolute atomic E-state index is 0.660. The molecule has 3 rings (SSSR count). The first-order valence-electron chi connectivity index (χ1n) is 7.70. The summed E-state index contributed by atoms with van der Waals surface area (Å²) >= 11 is 0. The zero-order chi connectivity index (χ0) is 14.8. The van der Waals surface area contributed by atoms with Crippen molar-refractivity contribution < 1.29 is 4.74 Å². The molecule has 3 aromatic rings. The van der Waals surface area contributed by atoms with E-state index in [4.69, 9.17) is 4.74 Å². The van der Waals surface area contributed by atoms with Gasteiger partial charge in [0.1, 0.15) is 5.75 Å². The SMILES string of the molecule is Cc1ccc2cc3ccccc3c(OCCC(C)C)c2c1. The van der Waals surface area contributed by atoms with Gasteiger partial charge in [-0.1, -0.05) is 55.8 Å². The number of ether oxygens (including phenoxy) is 1. The number of hydrogen-bond acceptors (Lipinski definition) is 1. The summed E-state index contributed by atoms with van der Waals surface area (Å²) in [4.78, 5) is 0. The van der Waals surface area contributed by atoms with Crippen LogP contribution < -0.4 is 4.74 Å². The van der Waals surface area contributed by atoms with E-state index in [9.17, 15) is 0 Å². The fourth-order valence-corrected chi connectivity index (χ4v) is 2.69. The van der Waals surface area contributed by atoms with Crippen LogP contribution in [0.1, 0.15) is 25.8 Å². The predicted molar refractivity (Wildman–Crippen MR) is 91.1 cm³/mol. The van der Waals surface area contributed by atoms with Crippen LogP contribution in [0.25, 0.3) is 21.5 Å². The van der Waals surface area contributed by atoms with Crippen LogP contribution in [0, 0.1) is 12.8 Å². The standard InChI is InChI=1S/C20H22O/c1-14(2)10-11-21-20-18-7-5-4-6-16(18)13-17-9-8-15(3)12-19(17)20/h4-9,12-14H,10-11H2,1-3H3. The summed E-state index contributed by atoms with van der Waals surface area (Å²) in [7, 11) is 0. The molecule has 0 heterocycles. The molecule has 0 aliphatic carbocycles. The Hall–Kier alpha value is -2.02. The lowest BCUT2D eigenvalue weighted by molar-refractivity contribution is 0.295. The molecular weight excluding hydrogens is 256 g/mol. The van der Waals surface area contributed by atoms with E-state index in [0.29, 0.717) is 5.92 Å². The summed E-state index contributed by atoms with van der Waals surface area (Å²) in [5.41, 5.74) is 1.27. The van der Waals surface area contributed by atoms with E-state index in [-0.39, 0.29) is 0 Å². The second-order valence-corrected chi connectivity index (χ2v) is 6.18. The van der Waals surface area contributed by atoms with E-state index in [0.717, 1.165) is 18.8 Å². The third-order valence-corrected chi connectivity index (χ3v) is 3.91. The summed E-state index contributed by atoms with van der Waals surface area (Å²) in [6.07, 6.45) is 1.08. The van der Waals surface area contributed by atoms with Crippen molar-refractivity contribution >= 4 is 21.5 Å². The summed E-state index contributed by atoms with van der Waals surface area (Å²) in [6.45, 7) is 7.37. The lowest BCUT2D eigenvalue weighted by Crippen LogP contribution is -2.02. The third-order valence-electron chi connectivity index (χ3n) is 3.91. The van der Waals surface area contributed by atoms with Crippen LogP contribution in [-0.2, 0) is 0 Å². The van der Waals surface area contributed by atoms with Crippen molar-refractivity contribution in [1.29, 1.82) is 0 Å². The van der Waals surface area contributed by atoms with Gasteiger partial charge in [-0.3, -0.25) is 0 Å². The van der Waals surface area contributed by atoms with Crippen molar-refractivity contribution in [1.82, 2.24) is 0 Å². The topological polar surface area (TPSA) is 9.23 Å². The molecule has 1 heteroatoms. The second kappa shape index (κ2) is 5.77. The Morgan fingerprint density at radius 2 is 1.67 bits per heavy atom. The van der Waals surface area contributed by atoms with Crippen LogP contribution in [0.15, 0.2) is 48.5 Å². The monoisotopic (exact) mass is 278 g/mol. The minimum Gasteiger partial charge on any atom is -0.492 e. The maximum Gasteiger partial charge on any atom is 0.134 e. The van der Waals surface area contributed by atoms with Crippen molar-refractivity contribution in [2.75, 3.05) is 6.61 Å². The molecule has 3 aromatic carbocycles. The molecule has 0 aromatic heterocycles. The highest BCUT2D eigenvalue weighted by Crippen LogP contribution is 2.35. The van der Waals surface area contributed by atoms with Crippen molar-refractivity contribution in [3.8, 4) is 5.75 Å². The Kier molecular flexibility index (Phi) is 3.83. The zero-order valence-electron chi connectivity index (χ0n) is 13.0. The smallest absolute Gasteiger partial charge is 0.134 e. The highest BCUT2D eigenvalue weighted by Gasteiger charge is 2.09. The van der Waals surface area contributed by atoms with Gasteiger partial charge in [-0.15, -0.1) is 0 Å². The molecule has 0 N–H and O–H groups in total. The fourth-order valence-electron chi connectivity index (χ4n) is 2.69. The Bertz CT molecular complexity index is 771. The second-order valence-electron chi connectivity index (χ2n) is 6.18. The van der Waals surface area contributed by atoms with Crippen LogP contribution in [0.2, 0.25) is 0 Å². The largest absolute Gasteiger partial charge is 0.492 e. The van der Waals surface area contributed by atoms with Crippen molar-refractivity contribution in [3.05, 3.63) is 54.1 Å². The van der Waals surface area contributed by atoms with Crippen LogP contribution in [-0.4, -0.2) is 6.61 Å². The third kappa shape index (κ3) is 2.87. The zero-order valence-corrected chi connectivity index (χ0v) is 13.0. The van der Waals surface area contributed by atoms with Gasteiger partial charge in [0.05, 0.1) is 6.61 Å². The van der Waals surface area contributed by atoms with Gasteiger partial charge < -0.3 is 4.74 Å². The quantitative estimate of drug-likeness (QED) is 0.554. The molecule has 21 heavy (non-hydrogen) atoms. The van der Waals surface area contributed by atoms with Gasteiger partial charge in [0.15, 0.2) is 0 Å². The van der Waals surface area contributed by atoms with E-state index in [2.05, 4.69) is 69.3 Å². The Labute approximate surface area is 126 Å².